The fourth-order valence-corrected chi connectivity index (χ4v) is 2.69. The van der Waals surface area contributed by atoms with Crippen LogP contribution in [0.2, 0.25) is 0 Å². The lowest BCUT2D eigenvalue weighted by Crippen LogP contribution is -2.22. The average molecular weight is 257 g/mol. The number of para-hydroxylation sites is 1. The lowest BCUT2D eigenvalue weighted by Gasteiger charge is -2.19. The maximum Gasteiger partial charge on any atom is 0.127 e. The first kappa shape index (κ1) is 12.3. The van der Waals surface area contributed by atoms with E-state index >= 15 is 0 Å². The zero-order valence-electron chi connectivity index (χ0n) is 11.4. The monoisotopic (exact) mass is 257 g/mol. The largest absolute Gasteiger partial charge is 0.493 e. The van der Waals surface area contributed by atoms with E-state index < -0.39 is 0 Å². The molecule has 0 aliphatic carbocycles. The molecular weight excluding hydrogens is 238 g/mol. The Bertz CT molecular complexity index is 574. The predicted octanol–water partition coefficient (Wildman–Crippen LogP) is 3.22. The summed E-state index contributed by atoms with van der Waals surface area (Å²) in [5.74, 6) is 1.98. The topological polar surface area (TPSA) is 34.4 Å². The molecule has 0 bridgehead atoms. The molecule has 1 N–H and O–H groups in total. The Labute approximate surface area is 113 Å². The van der Waals surface area contributed by atoms with Crippen LogP contribution in [0.25, 0.3) is 0 Å². The lowest BCUT2D eigenvalue weighted by molar-refractivity contribution is 0.350. The van der Waals surface area contributed by atoms with Gasteiger partial charge in [0.25, 0.3) is 0 Å². The zero-order chi connectivity index (χ0) is 13.2. The van der Waals surface area contributed by atoms with Crippen LogP contribution in [0.1, 0.15) is 35.4 Å². The average Bonchev–Trinajstić information content (AvgIpc) is 3.04. The second kappa shape index (κ2) is 5.10. The van der Waals surface area contributed by atoms with Gasteiger partial charge in [0.2, 0.25) is 0 Å². The highest BCUT2D eigenvalue weighted by Crippen LogP contribution is 2.36. The Hall–Kier alpha value is -1.74. The quantitative estimate of drug-likeness (QED) is 0.913. The van der Waals surface area contributed by atoms with Crippen LogP contribution in [0.5, 0.6) is 5.75 Å². The highest BCUT2D eigenvalue weighted by molar-refractivity contribution is 5.48. The molecule has 2 aromatic rings. The van der Waals surface area contributed by atoms with Gasteiger partial charge in [-0.3, -0.25) is 0 Å². The van der Waals surface area contributed by atoms with Crippen LogP contribution in [-0.2, 0) is 6.42 Å². The Balaban J connectivity index is 2.03. The molecule has 19 heavy (non-hydrogen) atoms. The van der Waals surface area contributed by atoms with Gasteiger partial charge in [-0.15, -0.1) is 0 Å². The van der Waals surface area contributed by atoms with Crippen molar-refractivity contribution in [1.82, 2.24) is 5.32 Å². The molecule has 3 nitrogen and oxygen atoms in total. The van der Waals surface area contributed by atoms with Crippen molar-refractivity contribution in [2.45, 2.75) is 26.3 Å². The molecule has 0 amide bonds. The van der Waals surface area contributed by atoms with Gasteiger partial charge < -0.3 is 14.5 Å². The van der Waals surface area contributed by atoms with Crippen molar-refractivity contribution in [3.8, 4) is 5.75 Å². The maximum absolute atomic E-state index is 5.81. The molecule has 1 aromatic heterocycles. The lowest BCUT2D eigenvalue weighted by atomic mass is 9.97. The molecule has 1 aromatic carbocycles. The molecule has 0 radical (unpaired) electrons. The summed E-state index contributed by atoms with van der Waals surface area (Å²) in [4.78, 5) is 0. The van der Waals surface area contributed by atoms with E-state index in [-0.39, 0.29) is 6.04 Å². The summed E-state index contributed by atoms with van der Waals surface area (Å²) in [7, 11) is 0. The maximum atomic E-state index is 5.81. The Morgan fingerprint density at radius 2 is 2.26 bits per heavy atom. The van der Waals surface area contributed by atoms with Crippen LogP contribution in [0.3, 0.4) is 0 Å². The molecule has 0 saturated heterocycles. The first-order valence-electron chi connectivity index (χ1n) is 6.82. The molecule has 0 saturated carbocycles. The Kier molecular flexibility index (Phi) is 3.30. The first-order chi connectivity index (χ1) is 9.29. The van der Waals surface area contributed by atoms with E-state index in [2.05, 4.69) is 36.5 Å². The third-order valence-corrected chi connectivity index (χ3v) is 3.55. The summed E-state index contributed by atoms with van der Waals surface area (Å²) in [6.07, 6.45) is 2.84. The van der Waals surface area contributed by atoms with E-state index in [1.54, 1.807) is 0 Å². The zero-order valence-corrected chi connectivity index (χ0v) is 11.4. The number of ether oxygens (including phenoxy) is 1. The molecule has 1 atom stereocenters. The van der Waals surface area contributed by atoms with Crippen molar-refractivity contribution in [3.63, 3.8) is 0 Å². The van der Waals surface area contributed by atoms with Gasteiger partial charge >= 0.3 is 0 Å². The van der Waals surface area contributed by atoms with Gasteiger partial charge in [-0.05, 0) is 25.1 Å². The molecule has 3 rings (SSSR count). The minimum Gasteiger partial charge on any atom is -0.493 e. The number of fused-ring (bicyclic) bond motifs is 1. The fourth-order valence-electron chi connectivity index (χ4n) is 2.69. The van der Waals surface area contributed by atoms with Crippen molar-refractivity contribution in [2.75, 3.05) is 13.2 Å². The minimum atomic E-state index is 0.135. The van der Waals surface area contributed by atoms with Crippen molar-refractivity contribution in [2.24, 2.45) is 0 Å². The van der Waals surface area contributed by atoms with E-state index in [1.165, 1.54) is 11.1 Å². The highest BCUT2D eigenvalue weighted by atomic mass is 16.5. The molecule has 100 valence electrons. The molecule has 0 fully saturated rings. The fraction of sp³-hybridized carbons (Fsp3) is 0.375. The van der Waals surface area contributed by atoms with Crippen LogP contribution >= 0.6 is 0 Å². The van der Waals surface area contributed by atoms with E-state index in [0.717, 1.165) is 36.6 Å². The van der Waals surface area contributed by atoms with Gasteiger partial charge in [-0.2, -0.15) is 0 Å². The smallest absolute Gasteiger partial charge is 0.127 e. The van der Waals surface area contributed by atoms with Gasteiger partial charge in [-0.1, -0.05) is 25.1 Å². The Morgan fingerprint density at radius 3 is 3.00 bits per heavy atom. The van der Waals surface area contributed by atoms with Crippen LogP contribution in [-0.4, -0.2) is 13.2 Å². The molecule has 3 heteroatoms. The van der Waals surface area contributed by atoms with Gasteiger partial charge in [0, 0.05) is 17.5 Å². The van der Waals surface area contributed by atoms with Crippen molar-refractivity contribution in [1.29, 1.82) is 0 Å². The number of nitrogens with one attached hydrogen (secondary N) is 1. The van der Waals surface area contributed by atoms with Crippen LogP contribution < -0.4 is 10.1 Å². The first-order valence-corrected chi connectivity index (χ1v) is 6.82. The van der Waals surface area contributed by atoms with E-state index in [4.69, 9.17) is 9.15 Å². The number of furan rings is 1. The van der Waals surface area contributed by atoms with E-state index in [1.807, 2.05) is 13.2 Å². The van der Waals surface area contributed by atoms with E-state index in [9.17, 15) is 0 Å². The third-order valence-electron chi connectivity index (χ3n) is 3.55. The van der Waals surface area contributed by atoms with Crippen LogP contribution in [0, 0.1) is 6.92 Å². The highest BCUT2D eigenvalue weighted by Gasteiger charge is 2.23. The predicted molar refractivity (Wildman–Crippen MR) is 74.6 cm³/mol. The number of aryl methyl sites for hydroxylation is 1. The second-order valence-corrected chi connectivity index (χ2v) is 4.92. The van der Waals surface area contributed by atoms with Crippen molar-refractivity contribution < 1.29 is 9.15 Å². The van der Waals surface area contributed by atoms with Gasteiger partial charge in [0.1, 0.15) is 11.5 Å². The van der Waals surface area contributed by atoms with Crippen LogP contribution in [0.15, 0.2) is 34.9 Å². The molecule has 1 aliphatic rings. The molecule has 2 heterocycles. The summed E-state index contributed by atoms with van der Waals surface area (Å²) in [5.41, 5.74) is 3.67. The van der Waals surface area contributed by atoms with Gasteiger partial charge in [0.15, 0.2) is 0 Å². The summed E-state index contributed by atoms with van der Waals surface area (Å²) < 4.78 is 11.3. The Morgan fingerprint density at radius 1 is 1.37 bits per heavy atom. The number of benzene rings is 1. The molecule has 1 unspecified atom stereocenters. The normalized spacial score (nSPS) is 15.1. The minimum absolute atomic E-state index is 0.135. The van der Waals surface area contributed by atoms with Crippen molar-refractivity contribution >= 4 is 0 Å². The summed E-state index contributed by atoms with van der Waals surface area (Å²) in [6, 6.07) is 8.62. The number of hydrogen-bond acceptors (Lipinski definition) is 3. The second-order valence-electron chi connectivity index (χ2n) is 4.92. The summed E-state index contributed by atoms with van der Waals surface area (Å²) in [6.45, 7) is 5.77. The summed E-state index contributed by atoms with van der Waals surface area (Å²) >= 11 is 0. The van der Waals surface area contributed by atoms with Gasteiger partial charge in [-0.25, -0.2) is 0 Å². The van der Waals surface area contributed by atoms with Crippen molar-refractivity contribution in [3.05, 3.63) is 53.0 Å². The standard InChI is InChI=1S/C16H19NO2/c1-3-17-15(13-9-11(2)19-10-13)14-6-4-5-12-7-8-18-16(12)14/h4-6,9-10,15,17H,3,7-8H2,1-2H3. The number of hydrogen-bond donors (Lipinski definition) is 1. The SMILES string of the molecule is CCNC(c1coc(C)c1)c1cccc2c1OCC2. The van der Waals surface area contributed by atoms with Crippen LogP contribution in [0.4, 0.5) is 0 Å². The molecular formula is C16H19NO2. The molecule has 0 spiro atoms. The van der Waals surface area contributed by atoms with E-state index in [0.29, 0.717) is 0 Å². The molecule has 1 aliphatic heterocycles. The summed E-state index contributed by atoms with van der Waals surface area (Å²) in [5, 5.41) is 3.52. The van der Waals surface area contributed by atoms with Gasteiger partial charge in [0.05, 0.1) is 18.9 Å². The number of rotatable bonds is 4. The third kappa shape index (κ3) is 2.26.